The Hall–Kier alpha value is -2.14. The van der Waals surface area contributed by atoms with E-state index in [0.717, 1.165) is 57.8 Å². The highest BCUT2D eigenvalue weighted by molar-refractivity contribution is 5.70. The molecule has 1 atom stereocenters. The van der Waals surface area contributed by atoms with Crippen molar-refractivity contribution in [1.29, 1.82) is 0 Å². The minimum absolute atomic E-state index is 0.0682. The van der Waals surface area contributed by atoms with Crippen LogP contribution in [0.25, 0.3) is 0 Å². The number of unbranched alkanes of at least 4 members (excludes halogenated alkanes) is 30. The number of hydrogen-bond donors (Lipinski definition) is 1. The SMILES string of the molecule is CCCC/C=C\CCCCCCCC(=O)OCC(CO)OC(=O)CCCCCCCCCCCCCCCCCCCC/C=C\C/C=C\C/C=C\CCCCCCC. The first kappa shape index (κ1) is 55.9. The molecule has 0 saturated heterocycles. The topological polar surface area (TPSA) is 72.8 Å². The standard InChI is InChI=1S/C53H96O5/c1-3-5-7-9-11-13-15-16-17-18-19-20-21-22-23-24-25-26-27-28-29-30-31-32-33-34-35-36-38-40-42-44-46-48-53(56)58-51(49-54)50-57-52(55)47-45-43-41-39-37-14-12-10-8-6-4-2/h10,12,15-16,18-19,21-22,51,54H,3-9,11,13-14,17,20,23-50H2,1-2H3/b12-10-,16-15-,19-18-,22-21-. The number of allylic oxidation sites excluding steroid dienone is 8. The van der Waals surface area contributed by atoms with E-state index in [0.29, 0.717) is 12.8 Å². The van der Waals surface area contributed by atoms with Gasteiger partial charge < -0.3 is 14.6 Å². The third-order valence-corrected chi connectivity index (χ3v) is 11.1. The summed E-state index contributed by atoms with van der Waals surface area (Å²) < 4.78 is 10.6. The van der Waals surface area contributed by atoms with Gasteiger partial charge in [0, 0.05) is 12.8 Å². The molecule has 0 amide bonds. The third-order valence-electron chi connectivity index (χ3n) is 11.1. The molecule has 0 aromatic carbocycles. The summed E-state index contributed by atoms with van der Waals surface area (Å²) in [5, 5.41) is 9.58. The zero-order valence-electron chi connectivity index (χ0n) is 38.6. The number of aliphatic hydroxyl groups excluding tert-OH is 1. The Morgan fingerprint density at radius 2 is 0.707 bits per heavy atom. The second kappa shape index (κ2) is 49.2. The summed E-state index contributed by atoms with van der Waals surface area (Å²) >= 11 is 0. The van der Waals surface area contributed by atoms with Gasteiger partial charge in [0.25, 0.3) is 0 Å². The van der Waals surface area contributed by atoms with E-state index in [4.69, 9.17) is 9.47 Å². The van der Waals surface area contributed by atoms with Crippen molar-refractivity contribution in [2.45, 2.75) is 264 Å². The van der Waals surface area contributed by atoms with Crippen LogP contribution in [0.3, 0.4) is 0 Å². The number of esters is 2. The van der Waals surface area contributed by atoms with Crippen LogP contribution in [-0.4, -0.2) is 36.4 Å². The zero-order chi connectivity index (χ0) is 42.1. The van der Waals surface area contributed by atoms with Gasteiger partial charge in [0.1, 0.15) is 6.61 Å². The Morgan fingerprint density at radius 1 is 0.397 bits per heavy atom. The first-order valence-corrected chi connectivity index (χ1v) is 25.2. The summed E-state index contributed by atoms with van der Waals surface area (Å²) in [4.78, 5) is 24.3. The molecule has 0 spiro atoms. The molecule has 0 saturated carbocycles. The molecular weight excluding hydrogens is 717 g/mol. The fourth-order valence-corrected chi connectivity index (χ4v) is 7.25. The number of hydrogen-bond acceptors (Lipinski definition) is 5. The summed E-state index contributed by atoms with van der Waals surface area (Å²) in [5.74, 6) is -0.595. The highest BCUT2D eigenvalue weighted by Gasteiger charge is 2.16. The van der Waals surface area contributed by atoms with Crippen molar-refractivity contribution in [2.75, 3.05) is 13.2 Å². The normalized spacial score (nSPS) is 12.5. The molecule has 1 N–H and O–H groups in total. The molecule has 0 radical (unpaired) electrons. The molecule has 5 heteroatoms. The second-order valence-electron chi connectivity index (χ2n) is 16.9. The quantitative estimate of drug-likeness (QED) is 0.0376. The molecule has 0 bridgehead atoms. The van der Waals surface area contributed by atoms with E-state index in [2.05, 4.69) is 62.5 Å². The maximum atomic E-state index is 12.2. The molecular formula is C53H96O5. The van der Waals surface area contributed by atoms with Gasteiger partial charge in [-0.25, -0.2) is 0 Å². The van der Waals surface area contributed by atoms with E-state index in [1.807, 2.05) is 0 Å². The van der Waals surface area contributed by atoms with Crippen LogP contribution < -0.4 is 0 Å². The van der Waals surface area contributed by atoms with E-state index >= 15 is 0 Å². The average molecular weight is 813 g/mol. The Labute approximate surface area is 360 Å². The molecule has 338 valence electrons. The lowest BCUT2D eigenvalue weighted by molar-refractivity contribution is -0.161. The van der Waals surface area contributed by atoms with Gasteiger partial charge >= 0.3 is 11.9 Å². The molecule has 0 aromatic rings. The molecule has 0 rings (SSSR count). The molecule has 0 fully saturated rings. The largest absolute Gasteiger partial charge is 0.462 e. The van der Waals surface area contributed by atoms with Crippen LogP contribution in [0.1, 0.15) is 258 Å². The van der Waals surface area contributed by atoms with Crippen LogP contribution in [0.15, 0.2) is 48.6 Å². The molecule has 5 nitrogen and oxygen atoms in total. The van der Waals surface area contributed by atoms with Crippen molar-refractivity contribution >= 4 is 11.9 Å². The first-order valence-electron chi connectivity index (χ1n) is 25.2. The molecule has 0 aromatic heterocycles. The molecule has 0 heterocycles. The van der Waals surface area contributed by atoms with E-state index < -0.39 is 6.10 Å². The number of aliphatic hydroxyl groups is 1. The Bertz CT molecular complexity index is 966. The van der Waals surface area contributed by atoms with Crippen molar-refractivity contribution in [2.24, 2.45) is 0 Å². The minimum Gasteiger partial charge on any atom is -0.462 e. The van der Waals surface area contributed by atoms with Crippen LogP contribution in [0, 0.1) is 0 Å². The van der Waals surface area contributed by atoms with Crippen molar-refractivity contribution < 1.29 is 24.2 Å². The summed E-state index contributed by atoms with van der Waals surface area (Å²) in [6.45, 7) is 4.09. The van der Waals surface area contributed by atoms with Crippen LogP contribution in [0.5, 0.6) is 0 Å². The van der Waals surface area contributed by atoms with Gasteiger partial charge in [-0.15, -0.1) is 0 Å². The van der Waals surface area contributed by atoms with Crippen molar-refractivity contribution in [3.8, 4) is 0 Å². The molecule has 0 aliphatic rings. The number of carbonyl (C=O) groups is 2. The van der Waals surface area contributed by atoms with Gasteiger partial charge in [-0.1, -0.05) is 223 Å². The van der Waals surface area contributed by atoms with Crippen LogP contribution in [0.4, 0.5) is 0 Å². The molecule has 0 aliphatic carbocycles. The van der Waals surface area contributed by atoms with E-state index in [1.165, 1.54) is 173 Å². The van der Waals surface area contributed by atoms with Gasteiger partial charge in [0.2, 0.25) is 0 Å². The molecule has 58 heavy (non-hydrogen) atoms. The summed E-state index contributed by atoms with van der Waals surface area (Å²) in [7, 11) is 0. The Balaban J connectivity index is 3.43. The highest BCUT2D eigenvalue weighted by Crippen LogP contribution is 2.16. The number of carbonyl (C=O) groups excluding carboxylic acids is 2. The summed E-state index contributed by atoms with van der Waals surface area (Å²) in [5.41, 5.74) is 0. The maximum Gasteiger partial charge on any atom is 0.306 e. The fraction of sp³-hybridized carbons (Fsp3) is 0.811. The van der Waals surface area contributed by atoms with Crippen LogP contribution in [0.2, 0.25) is 0 Å². The van der Waals surface area contributed by atoms with E-state index in [-0.39, 0.29) is 25.2 Å². The zero-order valence-corrected chi connectivity index (χ0v) is 38.6. The van der Waals surface area contributed by atoms with Crippen LogP contribution in [-0.2, 0) is 19.1 Å². The number of ether oxygens (including phenoxy) is 2. The van der Waals surface area contributed by atoms with Gasteiger partial charge in [0.05, 0.1) is 6.61 Å². The Kier molecular flexibility index (Phi) is 47.4. The van der Waals surface area contributed by atoms with Crippen molar-refractivity contribution in [1.82, 2.24) is 0 Å². The van der Waals surface area contributed by atoms with Crippen LogP contribution >= 0.6 is 0 Å². The van der Waals surface area contributed by atoms with Gasteiger partial charge in [-0.2, -0.15) is 0 Å². The smallest absolute Gasteiger partial charge is 0.306 e. The lowest BCUT2D eigenvalue weighted by Crippen LogP contribution is -2.28. The molecule has 0 aliphatic heterocycles. The fourth-order valence-electron chi connectivity index (χ4n) is 7.25. The Morgan fingerprint density at radius 3 is 1.10 bits per heavy atom. The predicted octanol–water partition coefficient (Wildman–Crippen LogP) is 16.5. The monoisotopic (exact) mass is 813 g/mol. The van der Waals surface area contributed by atoms with E-state index in [1.54, 1.807) is 0 Å². The lowest BCUT2D eigenvalue weighted by Gasteiger charge is -2.15. The first-order chi connectivity index (χ1) is 28.6. The molecule has 1 unspecified atom stereocenters. The van der Waals surface area contributed by atoms with Crippen molar-refractivity contribution in [3.05, 3.63) is 48.6 Å². The van der Waals surface area contributed by atoms with Gasteiger partial charge in [0.15, 0.2) is 6.10 Å². The second-order valence-corrected chi connectivity index (χ2v) is 16.9. The lowest BCUT2D eigenvalue weighted by atomic mass is 10.0. The highest BCUT2D eigenvalue weighted by atomic mass is 16.6. The van der Waals surface area contributed by atoms with Gasteiger partial charge in [-0.3, -0.25) is 9.59 Å². The van der Waals surface area contributed by atoms with Gasteiger partial charge in [-0.05, 0) is 70.6 Å². The third kappa shape index (κ3) is 46.5. The summed E-state index contributed by atoms with van der Waals surface area (Å²) in [6.07, 6.45) is 63.7. The average Bonchev–Trinajstić information content (AvgIpc) is 3.23. The minimum atomic E-state index is -0.773. The maximum absolute atomic E-state index is 12.2. The number of rotatable bonds is 46. The van der Waals surface area contributed by atoms with Crippen molar-refractivity contribution in [3.63, 3.8) is 0 Å². The summed E-state index contributed by atoms with van der Waals surface area (Å²) in [6, 6.07) is 0. The predicted molar refractivity (Wildman–Crippen MR) is 251 cm³/mol. The van der Waals surface area contributed by atoms with E-state index in [9.17, 15) is 14.7 Å².